The normalized spacial score (nSPS) is 15.5. The smallest absolute Gasteiger partial charge is 0.227 e. The summed E-state index contributed by atoms with van der Waals surface area (Å²) in [7, 11) is 1.96. The number of hydrogen-bond acceptors (Lipinski definition) is 2. The van der Waals surface area contributed by atoms with Crippen molar-refractivity contribution < 1.29 is 4.79 Å². The Balaban J connectivity index is 1.77. The maximum atomic E-state index is 12.8. The van der Waals surface area contributed by atoms with E-state index >= 15 is 0 Å². The zero-order valence-corrected chi connectivity index (χ0v) is 15.0. The molecule has 0 N–H and O–H groups in total. The van der Waals surface area contributed by atoms with Crippen molar-refractivity contribution >= 4 is 5.91 Å². The quantitative estimate of drug-likeness (QED) is 0.857. The van der Waals surface area contributed by atoms with Crippen LogP contribution < -0.4 is 0 Å². The minimum absolute atomic E-state index is 0.209. The number of aryl methyl sites for hydroxylation is 1. The fraction of sp³-hybridized carbons (Fsp3) is 0.500. The summed E-state index contributed by atoms with van der Waals surface area (Å²) in [5.74, 6) is 0.209. The summed E-state index contributed by atoms with van der Waals surface area (Å²) < 4.78 is 1.94. The second-order valence-electron chi connectivity index (χ2n) is 6.87. The topological polar surface area (TPSA) is 38.1 Å². The third-order valence-electron chi connectivity index (χ3n) is 5.29. The van der Waals surface area contributed by atoms with Crippen LogP contribution in [0.3, 0.4) is 0 Å². The van der Waals surface area contributed by atoms with Gasteiger partial charge < -0.3 is 4.90 Å². The Labute approximate surface area is 144 Å². The van der Waals surface area contributed by atoms with Gasteiger partial charge in [-0.15, -0.1) is 0 Å². The van der Waals surface area contributed by atoms with Gasteiger partial charge in [-0.1, -0.05) is 37.5 Å². The van der Waals surface area contributed by atoms with Gasteiger partial charge in [0.25, 0.3) is 0 Å². The Kier molecular flexibility index (Phi) is 5.03. The van der Waals surface area contributed by atoms with Crippen molar-refractivity contribution in [2.75, 3.05) is 7.05 Å². The first-order valence-corrected chi connectivity index (χ1v) is 8.94. The summed E-state index contributed by atoms with van der Waals surface area (Å²) in [6.45, 7) is 4.05. The molecule has 0 radical (unpaired) electrons. The van der Waals surface area contributed by atoms with E-state index in [1.807, 2.05) is 53.9 Å². The number of aromatic nitrogens is 2. The van der Waals surface area contributed by atoms with Crippen LogP contribution in [0.4, 0.5) is 0 Å². The average molecular weight is 325 g/mol. The van der Waals surface area contributed by atoms with Crippen molar-refractivity contribution in [2.24, 2.45) is 0 Å². The van der Waals surface area contributed by atoms with Gasteiger partial charge in [0.1, 0.15) is 0 Å². The summed E-state index contributed by atoms with van der Waals surface area (Å²) in [5, 5.41) is 4.65. The highest BCUT2D eigenvalue weighted by Gasteiger charge is 2.24. The van der Waals surface area contributed by atoms with Crippen LogP contribution >= 0.6 is 0 Å². The number of para-hydroxylation sites is 1. The van der Waals surface area contributed by atoms with Crippen LogP contribution in [0, 0.1) is 13.8 Å². The van der Waals surface area contributed by atoms with Gasteiger partial charge in [-0.3, -0.25) is 4.79 Å². The standard InChI is InChI=1S/C20H27N3O/c1-15-19(14-20(24)22(3)17-10-6-4-7-11-17)16(2)23(21-15)18-12-8-5-9-13-18/h5,8-9,12-13,17H,4,6-7,10-11,14H2,1-3H3. The molecule has 4 heteroatoms. The lowest BCUT2D eigenvalue weighted by Gasteiger charge is -2.31. The number of likely N-dealkylation sites (N-methyl/N-ethyl adjacent to an activating group) is 1. The summed E-state index contributed by atoms with van der Waals surface area (Å²) in [6.07, 6.45) is 6.52. The second-order valence-corrected chi connectivity index (χ2v) is 6.87. The van der Waals surface area contributed by atoms with Crippen LogP contribution in [-0.4, -0.2) is 33.7 Å². The van der Waals surface area contributed by atoms with E-state index in [4.69, 9.17) is 0 Å². The molecule has 1 amide bonds. The number of nitrogens with zero attached hydrogens (tertiary/aromatic N) is 3. The predicted octanol–water partition coefficient (Wildman–Crippen LogP) is 3.82. The van der Waals surface area contributed by atoms with E-state index in [9.17, 15) is 4.79 Å². The minimum atomic E-state index is 0.209. The molecule has 128 valence electrons. The van der Waals surface area contributed by atoms with Gasteiger partial charge in [0, 0.05) is 24.3 Å². The van der Waals surface area contributed by atoms with Gasteiger partial charge in [-0.2, -0.15) is 5.10 Å². The van der Waals surface area contributed by atoms with Crippen LogP contribution in [0.1, 0.15) is 49.1 Å². The second kappa shape index (κ2) is 7.20. The summed E-state index contributed by atoms with van der Waals surface area (Å²) in [4.78, 5) is 14.7. The summed E-state index contributed by atoms with van der Waals surface area (Å²) >= 11 is 0. The maximum Gasteiger partial charge on any atom is 0.227 e. The molecule has 1 aliphatic rings. The van der Waals surface area contributed by atoms with Gasteiger partial charge in [0.05, 0.1) is 17.8 Å². The predicted molar refractivity (Wildman–Crippen MR) is 96.4 cm³/mol. The third-order valence-corrected chi connectivity index (χ3v) is 5.29. The monoisotopic (exact) mass is 325 g/mol. The van der Waals surface area contributed by atoms with Crippen molar-refractivity contribution in [1.29, 1.82) is 0 Å². The molecule has 3 rings (SSSR count). The lowest BCUT2D eigenvalue weighted by molar-refractivity contribution is -0.131. The SMILES string of the molecule is Cc1nn(-c2ccccc2)c(C)c1CC(=O)N(C)C1CCCCC1. The van der Waals surface area contributed by atoms with Crippen LogP contribution in [0.2, 0.25) is 0 Å². The summed E-state index contributed by atoms with van der Waals surface area (Å²) in [6, 6.07) is 10.5. The molecule has 1 heterocycles. The molecule has 1 aromatic carbocycles. The number of hydrogen-bond donors (Lipinski definition) is 0. The Morgan fingerprint density at radius 3 is 2.50 bits per heavy atom. The molecule has 0 spiro atoms. The highest BCUT2D eigenvalue weighted by molar-refractivity contribution is 5.79. The molecule has 1 fully saturated rings. The fourth-order valence-corrected chi connectivity index (χ4v) is 3.70. The molecule has 0 atom stereocenters. The maximum absolute atomic E-state index is 12.8. The molecule has 1 saturated carbocycles. The molecule has 1 aliphatic carbocycles. The van der Waals surface area contributed by atoms with Crippen molar-refractivity contribution in [1.82, 2.24) is 14.7 Å². The number of carbonyl (C=O) groups is 1. The van der Waals surface area contributed by atoms with E-state index in [0.29, 0.717) is 12.5 Å². The van der Waals surface area contributed by atoms with Gasteiger partial charge in [0.15, 0.2) is 0 Å². The summed E-state index contributed by atoms with van der Waals surface area (Å²) in [5.41, 5.74) is 4.11. The molecule has 0 saturated heterocycles. The zero-order valence-electron chi connectivity index (χ0n) is 15.0. The molecule has 0 unspecified atom stereocenters. The molecular formula is C20H27N3O. The molecule has 0 aliphatic heterocycles. The molecular weight excluding hydrogens is 298 g/mol. The first-order valence-electron chi connectivity index (χ1n) is 8.94. The fourth-order valence-electron chi connectivity index (χ4n) is 3.70. The van der Waals surface area contributed by atoms with E-state index in [1.54, 1.807) is 0 Å². The zero-order chi connectivity index (χ0) is 17.1. The minimum Gasteiger partial charge on any atom is -0.342 e. The Bertz CT molecular complexity index is 699. The highest BCUT2D eigenvalue weighted by Crippen LogP contribution is 2.23. The first kappa shape index (κ1) is 16.7. The number of carbonyl (C=O) groups excluding carboxylic acids is 1. The highest BCUT2D eigenvalue weighted by atomic mass is 16.2. The third kappa shape index (κ3) is 3.37. The number of benzene rings is 1. The Hall–Kier alpha value is -2.10. The van der Waals surface area contributed by atoms with Crippen LogP contribution in [0.15, 0.2) is 30.3 Å². The van der Waals surface area contributed by atoms with Gasteiger partial charge in [-0.25, -0.2) is 4.68 Å². The lowest BCUT2D eigenvalue weighted by atomic mass is 9.94. The molecule has 4 nitrogen and oxygen atoms in total. The average Bonchev–Trinajstić information content (AvgIpc) is 2.90. The van der Waals surface area contributed by atoms with E-state index in [2.05, 4.69) is 12.0 Å². The van der Waals surface area contributed by atoms with Crippen molar-refractivity contribution in [3.05, 3.63) is 47.3 Å². The van der Waals surface area contributed by atoms with E-state index < -0.39 is 0 Å². The van der Waals surface area contributed by atoms with Gasteiger partial charge >= 0.3 is 0 Å². The Morgan fingerprint density at radius 1 is 1.17 bits per heavy atom. The van der Waals surface area contributed by atoms with E-state index in [0.717, 1.165) is 35.5 Å². The number of amides is 1. The molecule has 2 aromatic rings. The van der Waals surface area contributed by atoms with Crippen molar-refractivity contribution in [3.8, 4) is 5.69 Å². The lowest BCUT2D eigenvalue weighted by Crippen LogP contribution is -2.39. The van der Waals surface area contributed by atoms with Gasteiger partial charge in [0.2, 0.25) is 5.91 Å². The van der Waals surface area contributed by atoms with E-state index in [1.165, 1.54) is 19.3 Å². The molecule has 24 heavy (non-hydrogen) atoms. The van der Waals surface area contributed by atoms with Crippen LogP contribution in [0.5, 0.6) is 0 Å². The van der Waals surface area contributed by atoms with Crippen LogP contribution in [-0.2, 0) is 11.2 Å². The largest absolute Gasteiger partial charge is 0.342 e. The van der Waals surface area contributed by atoms with Crippen molar-refractivity contribution in [2.45, 2.75) is 58.4 Å². The Morgan fingerprint density at radius 2 is 1.83 bits per heavy atom. The number of rotatable bonds is 4. The molecule has 1 aromatic heterocycles. The van der Waals surface area contributed by atoms with Crippen molar-refractivity contribution in [3.63, 3.8) is 0 Å². The van der Waals surface area contributed by atoms with Gasteiger partial charge in [-0.05, 0) is 38.8 Å². The first-order chi connectivity index (χ1) is 11.6. The van der Waals surface area contributed by atoms with Crippen LogP contribution in [0.25, 0.3) is 5.69 Å². The van der Waals surface area contributed by atoms with E-state index in [-0.39, 0.29) is 5.91 Å². The molecule has 0 bridgehead atoms.